The van der Waals surface area contributed by atoms with Crippen molar-refractivity contribution in [3.8, 4) is 0 Å². The molecule has 2 atom stereocenters. The molecule has 0 aromatic rings. The molecule has 2 aliphatic heterocycles. The molecule has 4 nitrogen and oxygen atoms in total. The van der Waals surface area contributed by atoms with Gasteiger partial charge in [0.1, 0.15) is 11.2 Å². The summed E-state index contributed by atoms with van der Waals surface area (Å²) >= 11 is 0. The van der Waals surface area contributed by atoms with E-state index in [1.165, 1.54) is 25.7 Å². The van der Waals surface area contributed by atoms with Gasteiger partial charge in [0.15, 0.2) is 11.8 Å². The van der Waals surface area contributed by atoms with Crippen LogP contribution in [0.15, 0.2) is 9.98 Å². The first kappa shape index (κ1) is 17.4. The first-order valence-electron chi connectivity index (χ1n) is 10.5. The van der Waals surface area contributed by atoms with Gasteiger partial charge in [0, 0.05) is 0 Å². The molecule has 4 aliphatic rings. The SMILES string of the molecule is CC(C)[C@H]1N=C(CC2=N[C@H](C(C)C)C3(CCCC3)O2)OC12CCCC2. The second kappa shape index (κ2) is 6.28. The summed E-state index contributed by atoms with van der Waals surface area (Å²) in [5.74, 6) is 2.78. The zero-order chi connectivity index (χ0) is 17.7. The first-order chi connectivity index (χ1) is 11.9. The van der Waals surface area contributed by atoms with Gasteiger partial charge in [0.25, 0.3) is 0 Å². The lowest BCUT2D eigenvalue weighted by Gasteiger charge is -2.31. The molecule has 0 aromatic carbocycles. The highest BCUT2D eigenvalue weighted by Gasteiger charge is 2.52. The maximum Gasteiger partial charge on any atom is 0.193 e. The molecular formula is C21H34N2O2. The first-order valence-corrected chi connectivity index (χ1v) is 10.5. The summed E-state index contributed by atoms with van der Waals surface area (Å²) in [5.41, 5.74) is -0.0731. The minimum Gasteiger partial charge on any atom is -0.472 e. The topological polar surface area (TPSA) is 43.2 Å². The Morgan fingerprint density at radius 1 is 0.760 bits per heavy atom. The molecule has 0 aromatic heterocycles. The van der Waals surface area contributed by atoms with Crippen LogP contribution in [0.5, 0.6) is 0 Å². The molecule has 25 heavy (non-hydrogen) atoms. The maximum absolute atomic E-state index is 6.48. The van der Waals surface area contributed by atoms with Gasteiger partial charge < -0.3 is 9.47 Å². The van der Waals surface area contributed by atoms with Crippen LogP contribution in [0.25, 0.3) is 0 Å². The summed E-state index contributed by atoms with van der Waals surface area (Å²) in [6.07, 6.45) is 10.3. The zero-order valence-electron chi connectivity index (χ0n) is 16.4. The summed E-state index contributed by atoms with van der Waals surface area (Å²) in [4.78, 5) is 10.0. The number of rotatable bonds is 4. The smallest absolute Gasteiger partial charge is 0.193 e. The molecule has 0 bridgehead atoms. The number of hydrogen-bond acceptors (Lipinski definition) is 4. The lowest BCUT2D eigenvalue weighted by molar-refractivity contribution is 0.0413. The van der Waals surface area contributed by atoms with E-state index in [1.807, 2.05) is 0 Å². The van der Waals surface area contributed by atoms with Crippen molar-refractivity contribution in [3.63, 3.8) is 0 Å². The maximum atomic E-state index is 6.48. The minimum atomic E-state index is -0.0365. The van der Waals surface area contributed by atoms with Crippen LogP contribution in [0.4, 0.5) is 0 Å². The predicted molar refractivity (Wildman–Crippen MR) is 101 cm³/mol. The Morgan fingerprint density at radius 3 is 1.44 bits per heavy atom. The average molecular weight is 347 g/mol. The van der Waals surface area contributed by atoms with Gasteiger partial charge in [0.2, 0.25) is 0 Å². The molecule has 4 heteroatoms. The van der Waals surface area contributed by atoms with E-state index in [-0.39, 0.29) is 11.2 Å². The monoisotopic (exact) mass is 346 g/mol. The van der Waals surface area contributed by atoms with Crippen molar-refractivity contribution in [2.45, 2.75) is 109 Å². The Kier molecular flexibility index (Phi) is 4.36. The van der Waals surface area contributed by atoms with Gasteiger partial charge in [0.05, 0.1) is 18.5 Å². The lowest BCUT2D eigenvalue weighted by atomic mass is 9.86. The Balaban J connectivity index is 1.50. The van der Waals surface area contributed by atoms with Crippen LogP contribution in [0.1, 0.15) is 85.5 Å². The second-order valence-electron chi connectivity index (χ2n) is 9.35. The molecule has 2 saturated carbocycles. The van der Waals surface area contributed by atoms with Gasteiger partial charge in [-0.25, -0.2) is 9.98 Å². The number of ether oxygens (including phenoxy) is 2. The fourth-order valence-electron chi connectivity index (χ4n) is 5.74. The molecule has 2 spiro atoms. The quantitative estimate of drug-likeness (QED) is 0.726. The van der Waals surface area contributed by atoms with Gasteiger partial charge in [-0.3, -0.25) is 0 Å². The van der Waals surface area contributed by atoms with Crippen LogP contribution in [0.3, 0.4) is 0 Å². The van der Waals surface area contributed by atoms with Gasteiger partial charge in [-0.1, -0.05) is 27.7 Å². The molecular weight excluding hydrogens is 312 g/mol. The molecule has 4 rings (SSSR count). The predicted octanol–water partition coefficient (Wildman–Crippen LogP) is 4.91. The Bertz CT molecular complexity index is 516. The van der Waals surface area contributed by atoms with Crippen LogP contribution < -0.4 is 0 Å². The fourth-order valence-corrected chi connectivity index (χ4v) is 5.74. The third-order valence-electron chi connectivity index (χ3n) is 6.75. The third kappa shape index (κ3) is 2.90. The van der Waals surface area contributed by atoms with Crippen LogP contribution in [-0.4, -0.2) is 35.1 Å². The highest BCUT2D eigenvalue weighted by molar-refractivity contribution is 5.99. The summed E-state index contributed by atoms with van der Waals surface area (Å²) in [5, 5.41) is 0. The van der Waals surface area contributed by atoms with E-state index in [4.69, 9.17) is 19.5 Å². The van der Waals surface area contributed by atoms with Crippen LogP contribution in [0.2, 0.25) is 0 Å². The molecule has 0 saturated heterocycles. The van der Waals surface area contributed by atoms with E-state index in [2.05, 4.69) is 27.7 Å². The standard InChI is InChI=1S/C21H34N2O2/c1-14(2)18-20(9-5-6-10-20)24-16(22-18)13-17-23-19(15(3)4)21(25-17)11-7-8-12-21/h14-15,18-19H,5-13H2,1-4H3/t18-,19-/m1/s1. The van der Waals surface area contributed by atoms with Gasteiger partial charge in [-0.15, -0.1) is 0 Å². The zero-order valence-corrected chi connectivity index (χ0v) is 16.4. The van der Waals surface area contributed by atoms with Gasteiger partial charge in [-0.2, -0.15) is 0 Å². The van der Waals surface area contributed by atoms with Crippen molar-refractivity contribution in [3.05, 3.63) is 0 Å². The van der Waals surface area contributed by atoms with Crippen molar-refractivity contribution in [1.29, 1.82) is 0 Å². The molecule has 0 amide bonds. The largest absolute Gasteiger partial charge is 0.472 e. The van der Waals surface area contributed by atoms with E-state index in [0.717, 1.165) is 37.5 Å². The number of aliphatic imine (C=N–C) groups is 2. The highest BCUT2D eigenvalue weighted by atomic mass is 16.5. The summed E-state index contributed by atoms with van der Waals surface area (Å²) in [7, 11) is 0. The van der Waals surface area contributed by atoms with Crippen LogP contribution in [0, 0.1) is 11.8 Å². The summed E-state index contributed by atoms with van der Waals surface area (Å²) in [6.45, 7) is 9.08. The molecule has 0 N–H and O–H groups in total. The van der Waals surface area contributed by atoms with Gasteiger partial charge >= 0.3 is 0 Å². The molecule has 2 heterocycles. The molecule has 0 radical (unpaired) electrons. The lowest BCUT2D eigenvalue weighted by Crippen LogP contribution is -2.41. The fraction of sp³-hybridized carbons (Fsp3) is 0.905. The van der Waals surface area contributed by atoms with Crippen molar-refractivity contribution in [1.82, 2.24) is 0 Å². The van der Waals surface area contributed by atoms with Crippen molar-refractivity contribution in [2.24, 2.45) is 21.8 Å². The van der Waals surface area contributed by atoms with E-state index >= 15 is 0 Å². The van der Waals surface area contributed by atoms with E-state index in [1.54, 1.807) is 0 Å². The van der Waals surface area contributed by atoms with E-state index in [0.29, 0.717) is 30.3 Å². The summed E-state index contributed by atoms with van der Waals surface area (Å²) < 4.78 is 13.0. The average Bonchev–Trinajstić information content (AvgIpc) is 3.31. The van der Waals surface area contributed by atoms with Crippen molar-refractivity contribution < 1.29 is 9.47 Å². The minimum absolute atomic E-state index is 0.0365. The normalized spacial score (nSPS) is 32.6. The Labute approximate surface area is 152 Å². The highest BCUT2D eigenvalue weighted by Crippen LogP contribution is 2.46. The molecule has 140 valence electrons. The van der Waals surface area contributed by atoms with Crippen LogP contribution in [-0.2, 0) is 9.47 Å². The molecule has 2 aliphatic carbocycles. The molecule has 0 unspecified atom stereocenters. The molecule has 2 fully saturated rings. The van der Waals surface area contributed by atoms with Crippen molar-refractivity contribution in [2.75, 3.05) is 0 Å². The van der Waals surface area contributed by atoms with Crippen molar-refractivity contribution >= 4 is 11.8 Å². The van der Waals surface area contributed by atoms with Crippen LogP contribution >= 0.6 is 0 Å². The number of hydrogen-bond donors (Lipinski definition) is 0. The Morgan fingerprint density at radius 2 is 1.12 bits per heavy atom. The number of nitrogens with zero attached hydrogens (tertiary/aromatic N) is 2. The Hall–Kier alpha value is -1.06. The third-order valence-corrected chi connectivity index (χ3v) is 6.75. The van der Waals surface area contributed by atoms with Gasteiger partial charge in [-0.05, 0) is 63.2 Å². The van der Waals surface area contributed by atoms with E-state index in [9.17, 15) is 0 Å². The van der Waals surface area contributed by atoms with E-state index < -0.39 is 0 Å². The second-order valence-corrected chi connectivity index (χ2v) is 9.35. The summed E-state index contributed by atoms with van der Waals surface area (Å²) in [6, 6.07) is 0.599.